The molecular weight excluding hydrogens is 553 g/mol. The van der Waals surface area contributed by atoms with Gasteiger partial charge in [-0.1, -0.05) is 152 Å². The van der Waals surface area contributed by atoms with Crippen LogP contribution in [-0.4, -0.2) is 0 Å². The Kier molecular flexibility index (Phi) is 6.25. The van der Waals surface area contributed by atoms with E-state index in [-0.39, 0.29) is 0 Å². The standard InChI is InChI=1S/C46H30/c1-3-12-32(13-4-1)43-27-34-17-7-8-18-35(34)28-45(43)37-23-25-42-41-24-22-36(40-21-11-19-31-16-9-10-20-39(31)40)26-38(41)30-44(46(42)29-37)33-14-5-2-6-15-33/h1-30H. The highest BCUT2D eigenvalue weighted by Gasteiger charge is 2.15. The van der Waals surface area contributed by atoms with Crippen LogP contribution in [0.15, 0.2) is 182 Å². The number of benzene rings is 9. The van der Waals surface area contributed by atoms with Crippen LogP contribution in [0, 0.1) is 0 Å². The molecule has 0 atom stereocenters. The van der Waals surface area contributed by atoms with Crippen LogP contribution in [0.1, 0.15) is 0 Å². The molecule has 214 valence electrons. The topological polar surface area (TPSA) is 0 Å². The van der Waals surface area contributed by atoms with E-state index in [1.54, 1.807) is 0 Å². The van der Waals surface area contributed by atoms with Crippen LogP contribution >= 0.6 is 0 Å². The zero-order chi connectivity index (χ0) is 30.5. The van der Waals surface area contributed by atoms with E-state index in [9.17, 15) is 0 Å². The second-order valence-corrected chi connectivity index (χ2v) is 12.1. The quantitative estimate of drug-likeness (QED) is 0.181. The predicted molar refractivity (Wildman–Crippen MR) is 198 cm³/mol. The van der Waals surface area contributed by atoms with Crippen molar-refractivity contribution in [2.45, 2.75) is 0 Å². The molecule has 0 radical (unpaired) electrons. The third kappa shape index (κ3) is 4.47. The summed E-state index contributed by atoms with van der Waals surface area (Å²) in [6, 6.07) is 66.6. The number of rotatable bonds is 4. The molecule has 0 aromatic heterocycles. The van der Waals surface area contributed by atoms with Crippen LogP contribution in [0.3, 0.4) is 0 Å². The average Bonchev–Trinajstić information content (AvgIpc) is 3.14. The van der Waals surface area contributed by atoms with E-state index in [1.807, 2.05) is 0 Å². The Morgan fingerprint density at radius 2 is 0.717 bits per heavy atom. The molecule has 0 heteroatoms. The summed E-state index contributed by atoms with van der Waals surface area (Å²) in [7, 11) is 0. The van der Waals surface area contributed by atoms with Gasteiger partial charge in [0, 0.05) is 0 Å². The van der Waals surface area contributed by atoms with Gasteiger partial charge in [-0.15, -0.1) is 0 Å². The summed E-state index contributed by atoms with van der Waals surface area (Å²) in [4.78, 5) is 0. The van der Waals surface area contributed by atoms with Crippen molar-refractivity contribution in [1.29, 1.82) is 0 Å². The summed E-state index contributed by atoms with van der Waals surface area (Å²) in [6.07, 6.45) is 0. The van der Waals surface area contributed by atoms with Gasteiger partial charge in [0.25, 0.3) is 0 Å². The number of fused-ring (bicyclic) bond motifs is 5. The maximum absolute atomic E-state index is 2.41. The van der Waals surface area contributed by atoms with Crippen LogP contribution in [0.4, 0.5) is 0 Å². The summed E-state index contributed by atoms with van der Waals surface area (Å²) in [5.41, 5.74) is 9.93. The normalized spacial score (nSPS) is 11.5. The van der Waals surface area contributed by atoms with E-state index in [1.165, 1.54) is 87.6 Å². The van der Waals surface area contributed by atoms with Gasteiger partial charge in [0.2, 0.25) is 0 Å². The molecule has 0 saturated heterocycles. The lowest BCUT2D eigenvalue weighted by Crippen LogP contribution is -1.90. The molecule has 0 spiro atoms. The van der Waals surface area contributed by atoms with Crippen molar-refractivity contribution in [3.63, 3.8) is 0 Å². The fourth-order valence-electron chi connectivity index (χ4n) is 7.17. The summed E-state index contributed by atoms with van der Waals surface area (Å²) in [5.74, 6) is 0. The van der Waals surface area contributed by atoms with E-state index in [0.717, 1.165) is 0 Å². The second-order valence-electron chi connectivity index (χ2n) is 12.1. The number of hydrogen-bond donors (Lipinski definition) is 0. The molecule has 9 aromatic carbocycles. The Morgan fingerprint density at radius 1 is 0.196 bits per heavy atom. The lowest BCUT2D eigenvalue weighted by Gasteiger charge is -2.17. The smallest absolute Gasteiger partial charge is 0.00928 e. The van der Waals surface area contributed by atoms with Crippen molar-refractivity contribution < 1.29 is 0 Å². The summed E-state index contributed by atoms with van der Waals surface area (Å²) in [5, 5.41) is 10.1. The molecule has 9 aromatic rings. The zero-order valence-electron chi connectivity index (χ0n) is 25.3. The van der Waals surface area contributed by atoms with Gasteiger partial charge in [-0.3, -0.25) is 0 Å². The maximum Gasteiger partial charge on any atom is -0.00928 e. The Bertz CT molecular complexity index is 2550. The number of hydrogen-bond acceptors (Lipinski definition) is 0. The molecule has 0 fully saturated rings. The van der Waals surface area contributed by atoms with Crippen molar-refractivity contribution >= 4 is 43.1 Å². The van der Waals surface area contributed by atoms with Crippen molar-refractivity contribution in [1.82, 2.24) is 0 Å². The zero-order valence-corrected chi connectivity index (χ0v) is 25.3. The first kappa shape index (κ1) is 26.4. The fraction of sp³-hybridized carbons (Fsp3) is 0. The highest BCUT2D eigenvalue weighted by atomic mass is 14.2. The van der Waals surface area contributed by atoms with Crippen molar-refractivity contribution in [3.8, 4) is 44.5 Å². The largest absolute Gasteiger partial charge is 0.0622 e. The molecule has 0 N–H and O–H groups in total. The molecule has 0 aliphatic rings. The molecule has 9 rings (SSSR count). The average molecular weight is 583 g/mol. The van der Waals surface area contributed by atoms with E-state index >= 15 is 0 Å². The van der Waals surface area contributed by atoms with Gasteiger partial charge in [0.05, 0.1) is 0 Å². The van der Waals surface area contributed by atoms with E-state index in [0.29, 0.717) is 0 Å². The molecule has 0 saturated carbocycles. The third-order valence-corrected chi connectivity index (χ3v) is 9.42. The molecule has 46 heavy (non-hydrogen) atoms. The Balaban J connectivity index is 1.30. The Hall–Kier alpha value is -5.98. The van der Waals surface area contributed by atoms with Crippen molar-refractivity contribution in [3.05, 3.63) is 182 Å². The SMILES string of the molecule is c1ccc(-c2cc3ccccc3cc2-c2ccc3c(c2)c(-c2ccccc2)cc2cc(-c4cccc5ccccc45)ccc23)cc1. The molecule has 0 nitrogen and oxygen atoms in total. The molecule has 0 aliphatic carbocycles. The van der Waals surface area contributed by atoms with E-state index in [2.05, 4.69) is 182 Å². The molecule has 0 unspecified atom stereocenters. The maximum atomic E-state index is 2.41. The first-order valence-electron chi connectivity index (χ1n) is 15.9. The molecule has 0 bridgehead atoms. The highest BCUT2D eigenvalue weighted by molar-refractivity contribution is 6.16. The molecular formula is C46H30. The van der Waals surface area contributed by atoms with Crippen molar-refractivity contribution in [2.75, 3.05) is 0 Å². The minimum atomic E-state index is 1.22. The van der Waals surface area contributed by atoms with Gasteiger partial charge in [-0.2, -0.15) is 0 Å². The first-order chi connectivity index (χ1) is 22.8. The fourth-order valence-corrected chi connectivity index (χ4v) is 7.17. The van der Waals surface area contributed by atoms with Crippen LogP contribution in [0.5, 0.6) is 0 Å². The highest BCUT2D eigenvalue weighted by Crippen LogP contribution is 2.42. The second kappa shape index (κ2) is 10.9. The summed E-state index contributed by atoms with van der Waals surface area (Å²) >= 11 is 0. The van der Waals surface area contributed by atoms with Gasteiger partial charge in [-0.05, 0) is 118 Å². The molecule has 0 amide bonds. The van der Waals surface area contributed by atoms with Gasteiger partial charge < -0.3 is 0 Å². The van der Waals surface area contributed by atoms with Crippen LogP contribution in [0.2, 0.25) is 0 Å². The lowest BCUT2D eigenvalue weighted by molar-refractivity contribution is 1.61. The monoisotopic (exact) mass is 582 g/mol. The van der Waals surface area contributed by atoms with Gasteiger partial charge in [0.1, 0.15) is 0 Å². The Labute approximate surface area is 268 Å². The van der Waals surface area contributed by atoms with Gasteiger partial charge in [0.15, 0.2) is 0 Å². The third-order valence-electron chi connectivity index (χ3n) is 9.42. The minimum Gasteiger partial charge on any atom is -0.0622 e. The van der Waals surface area contributed by atoms with Gasteiger partial charge >= 0.3 is 0 Å². The van der Waals surface area contributed by atoms with Crippen molar-refractivity contribution in [2.24, 2.45) is 0 Å². The van der Waals surface area contributed by atoms with Crippen LogP contribution in [-0.2, 0) is 0 Å². The van der Waals surface area contributed by atoms with E-state index < -0.39 is 0 Å². The summed E-state index contributed by atoms with van der Waals surface area (Å²) in [6.45, 7) is 0. The minimum absolute atomic E-state index is 1.22. The lowest BCUT2D eigenvalue weighted by atomic mass is 9.87. The Morgan fingerprint density at radius 3 is 1.43 bits per heavy atom. The predicted octanol–water partition coefficient (Wildman–Crippen LogP) is 13.0. The summed E-state index contributed by atoms with van der Waals surface area (Å²) < 4.78 is 0. The first-order valence-corrected chi connectivity index (χ1v) is 15.9. The van der Waals surface area contributed by atoms with Gasteiger partial charge in [-0.25, -0.2) is 0 Å². The van der Waals surface area contributed by atoms with Crippen LogP contribution in [0.25, 0.3) is 87.6 Å². The van der Waals surface area contributed by atoms with E-state index in [4.69, 9.17) is 0 Å². The molecule has 0 heterocycles. The van der Waals surface area contributed by atoms with Crippen LogP contribution < -0.4 is 0 Å². The molecule has 0 aliphatic heterocycles.